The highest BCUT2D eigenvalue weighted by molar-refractivity contribution is 5.96. The molecule has 0 bridgehead atoms. The Hall–Kier alpha value is -2.15. The number of nitrogens with two attached hydrogens (primary N) is 1. The predicted molar refractivity (Wildman–Crippen MR) is 104 cm³/mol. The fourth-order valence-corrected chi connectivity index (χ4v) is 2.20. The number of guanidine groups is 1. The lowest BCUT2D eigenvalue weighted by Crippen LogP contribution is -2.30. The molecule has 0 radical (unpaired) electrons. The van der Waals surface area contributed by atoms with Gasteiger partial charge in [-0.15, -0.1) is 0 Å². The molecule has 0 aliphatic heterocycles. The van der Waals surface area contributed by atoms with Gasteiger partial charge in [0.05, 0.1) is 24.2 Å². The fourth-order valence-electron chi connectivity index (χ4n) is 2.20. The number of hydrogen-bond donors (Lipinski definition) is 3. The summed E-state index contributed by atoms with van der Waals surface area (Å²) in [4.78, 5) is 8.75. The number of anilines is 3. The van der Waals surface area contributed by atoms with Gasteiger partial charge >= 0.3 is 0 Å². The van der Waals surface area contributed by atoms with Crippen LogP contribution in [-0.4, -0.2) is 65.3 Å². The van der Waals surface area contributed by atoms with Crippen LogP contribution in [0, 0.1) is 0 Å². The van der Waals surface area contributed by atoms with Crippen LogP contribution in [0.5, 0.6) is 5.75 Å². The number of rotatable bonds is 7. The van der Waals surface area contributed by atoms with Crippen molar-refractivity contribution < 1.29 is 4.74 Å². The molecule has 136 valence electrons. The number of nitrogens with zero attached hydrogens (tertiary/aromatic N) is 3. The van der Waals surface area contributed by atoms with Crippen molar-refractivity contribution in [3.8, 4) is 5.75 Å². The fraction of sp³-hybridized carbons (Fsp3) is 0.588. The molecule has 4 N–H and O–H groups in total. The van der Waals surface area contributed by atoms with Gasteiger partial charge in [-0.3, -0.25) is 4.99 Å². The Bertz CT molecular complexity index is 556. The molecule has 0 fully saturated rings. The number of nitrogen functional groups attached to an aromatic ring is 1. The van der Waals surface area contributed by atoms with Crippen LogP contribution < -0.4 is 26.0 Å². The van der Waals surface area contributed by atoms with Crippen molar-refractivity contribution in [3.63, 3.8) is 0 Å². The topological polar surface area (TPSA) is 78.1 Å². The van der Waals surface area contributed by atoms with Crippen molar-refractivity contribution in [2.45, 2.75) is 19.9 Å². The first-order valence-electron chi connectivity index (χ1n) is 8.14. The first-order valence-corrected chi connectivity index (χ1v) is 8.14. The largest absolute Gasteiger partial charge is 0.494 e. The van der Waals surface area contributed by atoms with Gasteiger partial charge in [0.1, 0.15) is 5.75 Å². The Morgan fingerprint density at radius 2 is 1.92 bits per heavy atom. The monoisotopic (exact) mass is 336 g/mol. The number of nitrogens with one attached hydrogen (secondary N) is 2. The standard InChI is InChI=1S/C17H32N6O/c1-12(2)20-17(19-3)21-14-10-13(18)15(11-16(14)24-7)23(6)9-8-22(4)5/h10-12H,8-9,18H2,1-7H3,(H2,19,20,21). The summed E-state index contributed by atoms with van der Waals surface area (Å²) in [5.74, 6) is 1.40. The van der Waals surface area contributed by atoms with Gasteiger partial charge in [0.25, 0.3) is 0 Å². The van der Waals surface area contributed by atoms with Crippen LogP contribution in [0.4, 0.5) is 17.1 Å². The molecular weight excluding hydrogens is 304 g/mol. The molecule has 24 heavy (non-hydrogen) atoms. The van der Waals surface area contributed by atoms with Crippen molar-refractivity contribution >= 4 is 23.0 Å². The van der Waals surface area contributed by atoms with E-state index in [0.717, 1.165) is 30.2 Å². The van der Waals surface area contributed by atoms with Crippen molar-refractivity contribution in [1.29, 1.82) is 0 Å². The highest BCUT2D eigenvalue weighted by Gasteiger charge is 2.13. The van der Waals surface area contributed by atoms with Crippen molar-refractivity contribution in [3.05, 3.63) is 12.1 Å². The molecule has 0 saturated heterocycles. The van der Waals surface area contributed by atoms with Crippen LogP contribution >= 0.6 is 0 Å². The summed E-state index contributed by atoms with van der Waals surface area (Å²) >= 11 is 0. The summed E-state index contributed by atoms with van der Waals surface area (Å²) in [6.45, 7) is 5.87. The summed E-state index contributed by atoms with van der Waals surface area (Å²) in [5, 5.41) is 6.29. The van der Waals surface area contributed by atoms with E-state index >= 15 is 0 Å². The molecule has 1 aromatic rings. The molecule has 0 aliphatic rings. The zero-order valence-electron chi connectivity index (χ0n) is 16.0. The second-order valence-electron chi connectivity index (χ2n) is 6.28. The van der Waals surface area contributed by atoms with Gasteiger partial charge in [0.2, 0.25) is 0 Å². The Balaban J connectivity index is 3.07. The number of ether oxygens (including phenoxy) is 1. The van der Waals surface area contributed by atoms with E-state index in [1.54, 1.807) is 7.11 Å². The Morgan fingerprint density at radius 1 is 1.25 bits per heavy atom. The summed E-state index contributed by atoms with van der Waals surface area (Å²) in [6.07, 6.45) is 0. The lowest BCUT2D eigenvalue weighted by molar-refractivity contribution is 0.413. The second kappa shape index (κ2) is 9.22. The minimum Gasteiger partial charge on any atom is -0.494 e. The van der Waals surface area contributed by atoms with Crippen molar-refractivity contribution in [2.24, 2.45) is 4.99 Å². The number of methoxy groups -OCH3 is 1. The zero-order valence-corrected chi connectivity index (χ0v) is 16.0. The van der Waals surface area contributed by atoms with Crippen molar-refractivity contribution in [2.75, 3.05) is 64.3 Å². The van der Waals surface area contributed by atoms with E-state index in [1.165, 1.54) is 0 Å². The molecule has 0 aliphatic carbocycles. The molecule has 0 heterocycles. The Kier molecular flexibility index (Phi) is 7.64. The van der Waals surface area contributed by atoms with Crippen LogP contribution in [0.25, 0.3) is 0 Å². The molecule has 1 aromatic carbocycles. The molecule has 7 nitrogen and oxygen atoms in total. The summed E-state index contributed by atoms with van der Waals surface area (Å²) in [5.41, 5.74) is 8.69. The average molecular weight is 336 g/mol. The van der Waals surface area contributed by atoms with E-state index in [2.05, 4.69) is 39.5 Å². The normalized spacial score (nSPS) is 11.8. The molecule has 0 aromatic heterocycles. The molecular formula is C17H32N6O. The van der Waals surface area contributed by atoms with Crippen LogP contribution in [0.1, 0.15) is 13.8 Å². The van der Waals surface area contributed by atoms with E-state index in [9.17, 15) is 0 Å². The highest BCUT2D eigenvalue weighted by Crippen LogP contribution is 2.34. The number of benzene rings is 1. The van der Waals surface area contributed by atoms with Gasteiger partial charge in [-0.1, -0.05) is 0 Å². The van der Waals surface area contributed by atoms with Gasteiger partial charge in [0.15, 0.2) is 5.96 Å². The third-order valence-corrected chi connectivity index (χ3v) is 3.52. The quantitative estimate of drug-likeness (QED) is 0.399. The minimum atomic E-state index is 0.180. The maximum absolute atomic E-state index is 6.26. The smallest absolute Gasteiger partial charge is 0.195 e. The van der Waals surface area contributed by atoms with Crippen molar-refractivity contribution in [1.82, 2.24) is 10.2 Å². The van der Waals surface area contributed by atoms with Gasteiger partial charge < -0.3 is 30.9 Å². The highest BCUT2D eigenvalue weighted by atomic mass is 16.5. The summed E-state index contributed by atoms with van der Waals surface area (Å²) in [6, 6.07) is 4.02. The Labute approximate surface area is 145 Å². The van der Waals surface area contributed by atoms with E-state index in [-0.39, 0.29) is 6.04 Å². The van der Waals surface area contributed by atoms with Crippen LogP contribution in [0.3, 0.4) is 0 Å². The van der Waals surface area contributed by atoms with E-state index in [4.69, 9.17) is 10.5 Å². The number of likely N-dealkylation sites (N-methyl/N-ethyl adjacent to an activating group) is 2. The zero-order chi connectivity index (χ0) is 18.3. The maximum Gasteiger partial charge on any atom is 0.195 e. The average Bonchev–Trinajstić information content (AvgIpc) is 2.51. The van der Waals surface area contributed by atoms with E-state index < -0.39 is 0 Å². The second-order valence-corrected chi connectivity index (χ2v) is 6.28. The molecule has 1 rings (SSSR count). The third-order valence-electron chi connectivity index (χ3n) is 3.52. The lowest BCUT2D eigenvalue weighted by Gasteiger charge is -2.24. The maximum atomic E-state index is 6.26. The van der Waals surface area contributed by atoms with Crippen LogP contribution in [0.15, 0.2) is 17.1 Å². The molecule has 0 atom stereocenters. The number of aliphatic imine (C=N–C) groups is 1. The molecule has 7 heteroatoms. The first-order chi connectivity index (χ1) is 11.3. The van der Waals surface area contributed by atoms with Gasteiger partial charge in [0, 0.05) is 39.3 Å². The van der Waals surface area contributed by atoms with E-state index in [0.29, 0.717) is 11.6 Å². The van der Waals surface area contributed by atoms with Gasteiger partial charge in [-0.2, -0.15) is 0 Å². The van der Waals surface area contributed by atoms with E-state index in [1.807, 2.05) is 40.1 Å². The Morgan fingerprint density at radius 3 is 2.42 bits per heavy atom. The summed E-state index contributed by atoms with van der Waals surface area (Å²) in [7, 11) is 9.61. The summed E-state index contributed by atoms with van der Waals surface area (Å²) < 4.78 is 5.53. The van der Waals surface area contributed by atoms with Crippen LogP contribution in [0.2, 0.25) is 0 Å². The third kappa shape index (κ3) is 5.81. The minimum absolute atomic E-state index is 0.180. The van der Waals surface area contributed by atoms with Crippen LogP contribution in [-0.2, 0) is 0 Å². The molecule has 0 unspecified atom stereocenters. The van der Waals surface area contributed by atoms with Gasteiger partial charge in [-0.25, -0.2) is 0 Å². The lowest BCUT2D eigenvalue weighted by atomic mass is 10.2. The molecule has 0 amide bonds. The molecule has 0 saturated carbocycles. The first kappa shape index (κ1) is 19.9. The molecule has 0 spiro atoms. The van der Waals surface area contributed by atoms with Gasteiger partial charge in [-0.05, 0) is 34.0 Å². The number of hydrogen-bond acceptors (Lipinski definition) is 5. The SMILES string of the molecule is CN/C(=N\C(C)C)Nc1cc(N)c(N(C)CCN(C)C)cc1OC. The predicted octanol–water partition coefficient (Wildman–Crippen LogP) is 1.67.